The van der Waals surface area contributed by atoms with E-state index >= 15 is 0 Å². The predicted molar refractivity (Wildman–Crippen MR) is 123 cm³/mol. The second-order valence-electron chi connectivity index (χ2n) is 8.54. The van der Waals surface area contributed by atoms with Crippen molar-refractivity contribution in [2.24, 2.45) is 7.05 Å². The first-order valence-electron chi connectivity index (χ1n) is 11.0. The number of rotatable bonds is 6. The maximum Gasteiger partial charge on any atom is 0.253 e. The van der Waals surface area contributed by atoms with Crippen molar-refractivity contribution in [1.29, 1.82) is 0 Å². The van der Waals surface area contributed by atoms with Crippen molar-refractivity contribution in [3.63, 3.8) is 0 Å². The zero-order chi connectivity index (χ0) is 22.0. The molecule has 1 aliphatic rings. The fourth-order valence-electron chi connectivity index (χ4n) is 4.46. The zero-order valence-electron chi connectivity index (χ0n) is 18.9. The van der Waals surface area contributed by atoms with E-state index in [0.29, 0.717) is 18.2 Å². The smallest absolute Gasteiger partial charge is 0.253 e. The number of carbonyl (C=O) groups is 1. The van der Waals surface area contributed by atoms with Crippen LogP contribution in [0.15, 0.2) is 36.4 Å². The summed E-state index contributed by atoms with van der Waals surface area (Å²) in [7, 11) is 4.06. The van der Waals surface area contributed by atoms with Crippen LogP contribution >= 0.6 is 0 Å². The molecule has 0 unspecified atom stereocenters. The molecule has 3 aromatic rings. The number of fused-ring (bicyclic) bond motifs is 1. The molecule has 1 fully saturated rings. The number of benzene rings is 1. The molecule has 7 nitrogen and oxygen atoms in total. The van der Waals surface area contributed by atoms with Gasteiger partial charge in [-0.25, -0.2) is 4.98 Å². The van der Waals surface area contributed by atoms with E-state index in [2.05, 4.69) is 62.6 Å². The van der Waals surface area contributed by atoms with Gasteiger partial charge in [-0.05, 0) is 38.9 Å². The summed E-state index contributed by atoms with van der Waals surface area (Å²) >= 11 is 0. The topological polar surface area (TPSA) is 66.3 Å². The molecule has 1 aliphatic heterocycles. The van der Waals surface area contributed by atoms with Crippen LogP contribution in [0.25, 0.3) is 11.0 Å². The Labute approximate surface area is 184 Å². The molecule has 1 aromatic carbocycles. The SMILES string of the molecule is Cc1nc2c(cc1C(=O)NCCCN1CCN(C)C[C@H]1c1ccccc1)c(C)nn2C. The van der Waals surface area contributed by atoms with Crippen molar-refractivity contribution < 1.29 is 4.79 Å². The van der Waals surface area contributed by atoms with Gasteiger partial charge in [0, 0.05) is 51.2 Å². The van der Waals surface area contributed by atoms with E-state index in [0.717, 1.165) is 55.0 Å². The first-order chi connectivity index (χ1) is 14.9. The Morgan fingerprint density at radius 1 is 1.13 bits per heavy atom. The van der Waals surface area contributed by atoms with Gasteiger partial charge in [0.05, 0.1) is 17.0 Å². The number of pyridine rings is 1. The largest absolute Gasteiger partial charge is 0.352 e. The number of piperazine rings is 1. The van der Waals surface area contributed by atoms with Crippen molar-refractivity contribution in [3.8, 4) is 0 Å². The number of carbonyl (C=O) groups excluding carboxylic acids is 1. The molecule has 1 atom stereocenters. The molecule has 0 spiro atoms. The van der Waals surface area contributed by atoms with Crippen LogP contribution in [0.1, 0.15) is 39.8 Å². The normalized spacial score (nSPS) is 17.9. The summed E-state index contributed by atoms with van der Waals surface area (Å²) in [4.78, 5) is 22.3. The predicted octanol–water partition coefficient (Wildman–Crippen LogP) is 2.69. The standard InChI is InChI=1S/C24H32N6O/c1-17-21(15-20-18(2)27-29(4)23(20)26-17)24(31)25-11-8-12-30-14-13-28(3)16-22(30)19-9-6-5-7-10-19/h5-7,9-10,15,22H,8,11-14,16H2,1-4H3,(H,25,31)/t22-/m0/s1. The molecular weight excluding hydrogens is 388 g/mol. The number of hydrogen-bond donors (Lipinski definition) is 1. The highest BCUT2D eigenvalue weighted by Crippen LogP contribution is 2.25. The van der Waals surface area contributed by atoms with Crippen molar-refractivity contribution in [1.82, 2.24) is 29.9 Å². The maximum atomic E-state index is 12.8. The molecule has 0 aliphatic carbocycles. The van der Waals surface area contributed by atoms with Gasteiger partial charge in [0.15, 0.2) is 5.65 Å². The third kappa shape index (κ3) is 4.62. The molecule has 7 heteroatoms. The summed E-state index contributed by atoms with van der Waals surface area (Å²) in [5.41, 5.74) is 4.43. The lowest BCUT2D eigenvalue weighted by molar-refractivity contribution is 0.0865. The van der Waals surface area contributed by atoms with Gasteiger partial charge in [-0.3, -0.25) is 14.4 Å². The van der Waals surface area contributed by atoms with Gasteiger partial charge in [0.1, 0.15) is 0 Å². The number of nitrogens with zero attached hydrogens (tertiary/aromatic N) is 5. The Morgan fingerprint density at radius 3 is 2.68 bits per heavy atom. The van der Waals surface area contributed by atoms with E-state index in [9.17, 15) is 4.79 Å². The first kappa shape index (κ1) is 21.5. The highest BCUT2D eigenvalue weighted by Gasteiger charge is 2.26. The number of nitrogens with one attached hydrogen (secondary N) is 1. The van der Waals surface area contributed by atoms with Gasteiger partial charge in [-0.15, -0.1) is 0 Å². The van der Waals surface area contributed by atoms with E-state index in [1.165, 1.54) is 5.56 Å². The van der Waals surface area contributed by atoms with Gasteiger partial charge >= 0.3 is 0 Å². The maximum absolute atomic E-state index is 12.8. The Morgan fingerprint density at radius 2 is 1.90 bits per heavy atom. The first-order valence-corrected chi connectivity index (χ1v) is 11.0. The minimum Gasteiger partial charge on any atom is -0.352 e. The average molecular weight is 421 g/mol. The molecule has 3 heterocycles. The Bertz CT molecular complexity index is 1060. The van der Waals surface area contributed by atoms with Crippen molar-refractivity contribution in [2.45, 2.75) is 26.3 Å². The second-order valence-corrected chi connectivity index (χ2v) is 8.54. The highest BCUT2D eigenvalue weighted by atomic mass is 16.1. The number of likely N-dealkylation sites (N-methyl/N-ethyl adjacent to an activating group) is 1. The molecule has 31 heavy (non-hydrogen) atoms. The van der Waals surface area contributed by atoms with E-state index in [4.69, 9.17) is 0 Å². The lowest BCUT2D eigenvalue weighted by atomic mass is 10.0. The van der Waals surface area contributed by atoms with Gasteiger partial charge in [-0.1, -0.05) is 30.3 Å². The van der Waals surface area contributed by atoms with Crippen LogP contribution in [0, 0.1) is 13.8 Å². The van der Waals surface area contributed by atoms with Crippen LogP contribution in [0.4, 0.5) is 0 Å². The van der Waals surface area contributed by atoms with Crippen LogP contribution in [0.5, 0.6) is 0 Å². The molecule has 1 saturated heterocycles. The Hall–Kier alpha value is -2.77. The minimum atomic E-state index is -0.0619. The van der Waals surface area contributed by atoms with Crippen molar-refractivity contribution in [3.05, 3.63) is 58.9 Å². The summed E-state index contributed by atoms with van der Waals surface area (Å²) in [6.45, 7) is 8.59. The number of amides is 1. The molecule has 2 aromatic heterocycles. The fourth-order valence-corrected chi connectivity index (χ4v) is 4.46. The van der Waals surface area contributed by atoms with Gasteiger partial charge in [0.25, 0.3) is 5.91 Å². The van der Waals surface area contributed by atoms with Crippen LogP contribution in [-0.4, -0.2) is 70.2 Å². The van der Waals surface area contributed by atoms with E-state index in [1.54, 1.807) is 4.68 Å². The Kier molecular flexibility index (Phi) is 6.34. The lowest BCUT2D eigenvalue weighted by Crippen LogP contribution is -2.47. The molecule has 164 valence electrons. The average Bonchev–Trinajstić information content (AvgIpc) is 3.04. The van der Waals surface area contributed by atoms with Gasteiger partial charge in [0.2, 0.25) is 0 Å². The fraction of sp³-hybridized carbons (Fsp3) is 0.458. The highest BCUT2D eigenvalue weighted by molar-refractivity contribution is 5.98. The molecule has 1 amide bonds. The van der Waals surface area contributed by atoms with E-state index in [-0.39, 0.29) is 5.91 Å². The van der Waals surface area contributed by atoms with Crippen LogP contribution in [0.3, 0.4) is 0 Å². The summed E-state index contributed by atoms with van der Waals surface area (Å²) in [6, 6.07) is 13.0. The molecule has 0 bridgehead atoms. The zero-order valence-corrected chi connectivity index (χ0v) is 18.9. The Balaban J connectivity index is 1.36. The van der Waals surface area contributed by atoms with Gasteiger partial charge in [-0.2, -0.15) is 5.10 Å². The molecule has 1 N–H and O–H groups in total. The molecule has 4 rings (SSSR count). The molecule has 0 radical (unpaired) electrons. The summed E-state index contributed by atoms with van der Waals surface area (Å²) in [5, 5.41) is 8.43. The molecule has 0 saturated carbocycles. The third-order valence-electron chi connectivity index (χ3n) is 6.22. The second kappa shape index (κ2) is 9.16. The van der Waals surface area contributed by atoms with Crippen molar-refractivity contribution >= 4 is 16.9 Å². The third-order valence-corrected chi connectivity index (χ3v) is 6.22. The minimum absolute atomic E-state index is 0.0619. The number of aromatic nitrogens is 3. The van der Waals surface area contributed by atoms with Crippen molar-refractivity contribution in [2.75, 3.05) is 39.8 Å². The summed E-state index contributed by atoms with van der Waals surface area (Å²) in [6.07, 6.45) is 0.916. The monoisotopic (exact) mass is 420 g/mol. The van der Waals surface area contributed by atoms with E-state index < -0.39 is 0 Å². The number of hydrogen-bond acceptors (Lipinski definition) is 5. The quantitative estimate of drug-likeness (QED) is 0.621. The van der Waals surface area contributed by atoms with Gasteiger partial charge < -0.3 is 10.2 Å². The summed E-state index contributed by atoms with van der Waals surface area (Å²) in [5.74, 6) is -0.0619. The molecular formula is C24H32N6O. The van der Waals surface area contributed by atoms with Crippen LogP contribution < -0.4 is 5.32 Å². The lowest BCUT2D eigenvalue weighted by Gasteiger charge is -2.40. The number of aryl methyl sites for hydroxylation is 3. The van der Waals surface area contributed by atoms with Crippen LogP contribution in [0.2, 0.25) is 0 Å². The van der Waals surface area contributed by atoms with E-state index in [1.807, 2.05) is 27.0 Å². The van der Waals surface area contributed by atoms with Crippen LogP contribution in [-0.2, 0) is 7.05 Å². The summed E-state index contributed by atoms with van der Waals surface area (Å²) < 4.78 is 1.76.